The predicted octanol–water partition coefficient (Wildman–Crippen LogP) is 6.11. The first-order valence-corrected chi connectivity index (χ1v) is 15.6. The van der Waals surface area contributed by atoms with E-state index in [2.05, 4.69) is 47.7 Å². The van der Waals surface area contributed by atoms with Crippen LogP contribution in [-0.4, -0.2) is 52.1 Å². The van der Waals surface area contributed by atoms with Gasteiger partial charge in [0.2, 0.25) is 12.5 Å². The molecule has 0 bridgehead atoms. The van der Waals surface area contributed by atoms with Crippen LogP contribution in [0.25, 0.3) is 6.08 Å². The summed E-state index contributed by atoms with van der Waals surface area (Å²) in [6.07, 6.45) is 2.77. The molecule has 2 amide bonds. The van der Waals surface area contributed by atoms with Crippen LogP contribution in [0.15, 0.2) is 92.5 Å². The molecule has 0 unspecified atom stereocenters. The molecule has 0 saturated carbocycles. The van der Waals surface area contributed by atoms with Crippen molar-refractivity contribution < 1.29 is 42.8 Å². The van der Waals surface area contributed by atoms with Gasteiger partial charge in [-0.3, -0.25) is 9.59 Å². The number of esters is 1. The molecule has 0 atom stereocenters. The zero-order valence-electron chi connectivity index (χ0n) is 25.7. The number of halogens is 2. The number of hydrogen-bond donors (Lipinski definition) is 2. The van der Waals surface area contributed by atoms with Crippen molar-refractivity contribution >= 4 is 61.9 Å². The van der Waals surface area contributed by atoms with Gasteiger partial charge >= 0.3 is 5.97 Å². The third kappa shape index (κ3) is 7.96. The number of benzene rings is 4. The zero-order chi connectivity index (χ0) is 34.2. The summed E-state index contributed by atoms with van der Waals surface area (Å²) in [5, 5.41) is 6.74. The number of nitrogens with one attached hydrogen (secondary N) is 2. The lowest BCUT2D eigenvalue weighted by molar-refractivity contribution is -0.117. The van der Waals surface area contributed by atoms with E-state index in [0.717, 1.165) is 0 Å². The average molecular weight is 781 g/mol. The van der Waals surface area contributed by atoms with Crippen LogP contribution in [0.3, 0.4) is 0 Å². The van der Waals surface area contributed by atoms with Crippen LogP contribution in [0, 0.1) is 0 Å². The monoisotopic (exact) mass is 779 g/mol. The van der Waals surface area contributed by atoms with Gasteiger partial charge in [-0.15, -0.1) is 0 Å². The van der Waals surface area contributed by atoms with E-state index < -0.39 is 17.8 Å². The SMILES string of the molecule is COc1cc(C(=O)Oc2c(Br)cc(Br)cc2/C=N/NC(=O)/C(=C/c2ccc3c(c2)OCO3)NC(=O)c2ccccc2)cc(OC)c1OC. The third-order valence-corrected chi connectivity index (χ3v) is 7.79. The molecule has 1 aliphatic rings. The summed E-state index contributed by atoms with van der Waals surface area (Å²) in [6.45, 7) is 0.0841. The molecule has 48 heavy (non-hydrogen) atoms. The lowest BCUT2D eigenvalue weighted by Crippen LogP contribution is -2.32. The summed E-state index contributed by atoms with van der Waals surface area (Å²) in [5.74, 6) is 0.0905. The molecule has 4 aromatic carbocycles. The number of hydrogen-bond acceptors (Lipinski definition) is 10. The second-order valence-electron chi connectivity index (χ2n) is 9.80. The van der Waals surface area contributed by atoms with Gasteiger partial charge in [0.25, 0.3) is 11.8 Å². The number of carbonyl (C=O) groups is 3. The van der Waals surface area contributed by atoms with Crippen LogP contribution < -0.4 is 39.2 Å². The minimum absolute atomic E-state index is 0.0841. The Bertz CT molecular complexity index is 1910. The molecule has 246 valence electrons. The summed E-state index contributed by atoms with van der Waals surface area (Å²) in [4.78, 5) is 39.7. The van der Waals surface area contributed by atoms with Crippen LogP contribution in [0.4, 0.5) is 0 Å². The zero-order valence-corrected chi connectivity index (χ0v) is 28.8. The van der Waals surface area contributed by atoms with Crippen molar-refractivity contribution in [1.82, 2.24) is 10.7 Å². The van der Waals surface area contributed by atoms with Crippen molar-refractivity contribution in [2.45, 2.75) is 0 Å². The molecule has 0 spiro atoms. The highest BCUT2D eigenvalue weighted by Gasteiger charge is 2.21. The number of hydrazone groups is 1. The Balaban J connectivity index is 1.40. The van der Waals surface area contributed by atoms with E-state index in [-0.39, 0.29) is 35.3 Å². The van der Waals surface area contributed by atoms with Crippen LogP contribution in [0.1, 0.15) is 31.8 Å². The first-order chi connectivity index (χ1) is 23.2. The Morgan fingerprint density at radius 2 is 1.52 bits per heavy atom. The fourth-order valence-corrected chi connectivity index (χ4v) is 5.81. The lowest BCUT2D eigenvalue weighted by atomic mass is 10.1. The Hall–Kier alpha value is -5.34. The number of fused-ring (bicyclic) bond motifs is 1. The highest BCUT2D eigenvalue weighted by Crippen LogP contribution is 2.39. The fraction of sp³-hybridized carbons (Fsp3) is 0.118. The number of carbonyl (C=O) groups excluding carboxylic acids is 3. The van der Waals surface area contributed by atoms with Crippen molar-refractivity contribution in [1.29, 1.82) is 0 Å². The van der Waals surface area contributed by atoms with E-state index in [9.17, 15) is 14.4 Å². The van der Waals surface area contributed by atoms with Gasteiger partial charge in [0.05, 0.1) is 37.6 Å². The fourth-order valence-electron chi connectivity index (χ4n) is 4.47. The molecular weight excluding hydrogens is 754 g/mol. The number of amides is 2. The molecule has 0 radical (unpaired) electrons. The molecule has 2 N–H and O–H groups in total. The average Bonchev–Trinajstić information content (AvgIpc) is 3.57. The Morgan fingerprint density at radius 3 is 2.21 bits per heavy atom. The van der Waals surface area contributed by atoms with Gasteiger partial charge in [0, 0.05) is 15.6 Å². The van der Waals surface area contributed by atoms with Gasteiger partial charge in [-0.25, -0.2) is 10.2 Å². The van der Waals surface area contributed by atoms with Gasteiger partial charge < -0.3 is 33.7 Å². The van der Waals surface area contributed by atoms with E-state index >= 15 is 0 Å². The molecule has 0 fully saturated rings. The first-order valence-electron chi connectivity index (χ1n) is 14.0. The van der Waals surface area contributed by atoms with Gasteiger partial charge in [-0.05, 0) is 76.1 Å². The molecule has 0 saturated heterocycles. The molecule has 1 heterocycles. The van der Waals surface area contributed by atoms with Gasteiger partial charge in [0.15, 0.2) is 28.7 Å². The third-order valence-electron chi connectivity index (χ3n) is 6.74. The molecular formula is C34H27Br2N3O9. The highest BCUT2D eigenvalue weighted by molar-refractivity contribution is 9.11. The van der Waals surface area contributed by atoms with Gasteiger partial charge in [-0.1, -0.05) is 40.2 Å². The molecule has 12 nitrogen and oxygen atoms in total. The van der Waals surface area contributed by atoms with E-state index in [1.165, 1.54) is 45.8 Å². The van der Waals surface area contributed by atoms with E-state index in [1.54, 1.807) is 60.7 Å². The lowest BCUT2D eigenvalue weighted by Gasteiger charge is -2.15. The second-order valence-corrected chi connectivity index (χ2v) is 11.6. The molecule has 5 rings (SSSR count). The second kappa shape index (κ2) is 15.5. The molecule has 4 aromatic rings. The van der Waals surface area contributed by atoms with Crippen molar-refractivity contribution in [3.63, 3.8) is 0 Å². The van der Waals surface area contributed by atoms with E-state index in [4.69, 9.17) is 28.4 Å². The van der Waals surface area contributed by atoms with Crippen LogP contribution in [0.5, 0.6) is 34.5 Å². The first kappa shape index (κ1) is 34.0. The van der Waals surface area contributed by atoms with E-state index in [1.807, 2.05) is 0 Å². The summed E-state index contributed by atoms with van der Waals surface area (Å²) >= 11 is 6.85. The minimum Gasteiger partial charge on any atom is -0.493 e. The summed E-state index contributed by atoms with van der Waals surface area (Å²) < 4.78 is 33.7. The number of nitrogens with zero attached hydrogens (tertiary/aromatic N) is 1. The van der Waals surface area contributed by atoms with Crippen molar-refractivity contribution in [3.8, 4) is 34.5 Å². The quantitative estimate of drug-likeness (QED) is 0.0607. The predicted molar refractivity (Wildman–Crippen MR) is 183 cm³/mol. The van der Waals surface area contributed by atoms with Crippen molar-refractivity contribution in [2.75, 3.05) is 28.1 Å². The maximum atomic E-state index is 13.4. The van der Waals surface area contributed by atoms with Crippen LogP contribution >= 0.6 is 31.9 Å². The smallest absolute Gasteiger partial charge is 0.343 e. The number of rotatable bonds is 11. The van der Waals surface area contributed by atoms with Crippen LogP contribution in [0.2, 0.25) is 0 Å². The summed E-state index contributed by atoms with van der Waals surface area (Å²) in [6, 6.07) is 19.8. The van der Waals surface area contributed by atoms with Crippen molar-refractivity contribution in [2.24, 2.45) is 5.10 Å². The van der Waals surface area contributed by atoms with Crippen LogP contribution in [-0.2, 0) is 4.79 Å². The molecule has 1 aliphatic heterocycles. The topological polar surface area (TPSA) is 143 Å². The molecule has 0 aromatic heterocycles. The van der Waals surface area contributed by atoms with E-state index in [0.29, 0.717) is 42.9 Å². The summed E-state index contributed by atoms with van der Waals surface area (Å²) in [7, 11) is 4.32. The normalized spacial score (nSPS) is 12.0. The Morgan fingerprint density at radius 1 is 0.812 bits per heavy atom. The maximum absolute atomic E-state index is 13.4. The minimum atomic E-state index is -0.728. The maximum Gasteiger partial charge on any atom is 0.343 e. The Kier molecular flexibility index (Phi) is 11.0. The number of ether oxygens (including phenoxy) is 6. The Labute approximate surface area is 291 Å². The largest absolute Gasteiger partial charge is 0.493 e. The molecule has 0 aliphatic carbocycles. The van der Waals surface area contributed by atoms with Gasteiger partial charge in [-0.2, -0.15) is 5.10 Å². The van der Waals surface area contributed by atoms with Crippen molar-refractivity contribution in [3.05, 3.63) is 110 Å². The summed E-state index contributed by atoms with van der Waals surface area (Å²) in [5.41, 5.74) is 3.71. The molecule has 14 heteroatoms. The highest BCUT2D eigenvalue weighted by atomic mass is 79.9. The standard InChI is InChI=1S/C34H27Br2N3O9/c1-43-28-14-21(15-29(44-2)31(28)45-3)34(42)48-30-22(13-23(35)16-24(30)36)17-37-39-33(41)25(38-32(40)20-7-5-4-6-8-20)11-19-9-10-26-27(12-19)47-18-46-26/h4-17H,18H2,1-3H3,(H,38,40)(H,39,41)/b25-11-,37-17+. The van der Waals surface area contributed by atoms with Gasteiger partial charge in [0.1, 0.15) is 5.70 Å². The number of methoxy groups -OCH3 is 3.